The fourth-order valence-corrected chi connectivity index (χ4v) is 7.26. The number of hydrogen-bond acceptors (Lipinski definition) is 3. The molecule has 0 aliphatic heterocycles. The van der Waals surface area contributed by atoms with Crippen LogP contribution in [0.15, 0.2) is 66.9 Å². The Morgan fingerprint density at radius 1 is 0.947 bits per heavy atom. The second-order valence-corrected chi connectivity index (χ2v) is 12.1. The van der Waals surface area contributed by atoms with E-state index in [1.54, 1.807) is 6.92 Å². The third-order valence-corrected chi connectivity index (χ3v) is 9.15. The summed E-state index contributed by atoms with van der Waals surface area (Å²) >= 11 is 6.58. The minimum Gasteiger partial charge on any atom is -0.300 e. The van der Waals surface area contributed by atoms with E-state index >= 15 is 0 Å². The van der Waals surface area contributed by atoms with Gasteiger partial charge < -0.3 is 4.79 Å². The fourth-order valence-electron chi connectivity index (χ4n) is 7.05. The van der Waals surface area contributed by atoms with Gasteiger partial charge in [-0.1, -0.05) is 66.2 Å². The third kappa shape index (κ3) is 4.71. The predicted octanol–water partition coefficient (Wildman–Crippen LogP) is 8.07. The van der Waals surface area contributed by atoms with Crippen molar-refractivity contribution in [1.29, 1.82) is 0 Å². The number of aromatic nitrogens is 2. The number of carbonyl (C=O) groups excluding carboxylic acids is 2. The average molecular weight is 525 g/mol. The van der Waals surface area contributed by atoms with Gasteiger partial charge in [0.2, 0.25) is 0 Å². The van der Waals surface area contributed by atoms with Gasteiger partial charge in [0.1, 0.15) is 5.78 Å². The van der Waals surface area contributed by atoms with Crippen molar-refractivity contribution in [3.05, 3.63) is 88.6 Å². The van der Waals surface area contributed by atoms with Crippen LogP contribution in [-0.2, 0) is 11.3 Å². The Bertz CT molecular complexity index is 1510. The molecule has 0 atom stereocenters. The molecule has 0 saturated heterocycles. The molecule has 6 rings (SSSR count). The van der Waals surface area contributed by atoms with Crippen LogP contribution < -0.4 is 0 Å². The number of aryl methyl sites for hydroxylation is 1. The minimum atomic E-state index is 0.150. The Balaban J connectivity index is 1.19. The Labute approximate surface area is 229 Å². The van der Waals surface area contributed by atoms with Crippen LogP contribution >= 0.6 is 11.6 Å². The Morgan fingerprint density at radius 2 is 1.58 bits per heavy atom. The first-order chi connectivity index (χ1) is 18.3. The summed E-state index contributed by atoms with van der Waals surface area (Å²) in [4.78, 5) is 25.0. The molecule has 2 aliphatic rings. The van der Waals surface area contributed by atoms with Crippen molar-refractivity contribution in [3.63, 3.8) is 0 Å². The second-order valence-electron chi connectivity index (χ2n) is 11.7. The van der Waals surface area contributed by atoms with Crippen LogP contribution in [0.1, 0.15) is 66.9 Å². The Kier molecular flexibility index (Phi) is 6.47. The van der Waals surface area contributed by atoms with E-state index in [4.69, 9.17) is 11.6 Å². The molecule has 1 spiro atoms. The molecule has 2 fully saturated rings. The summed E-state index contributed by atoms with van der Waals surface area (Å²) in [6.45, 7) is 4.26. The Morgan fingerprint density at radius 3 is 2.24 bits per heavy atom. The molecule has 4 aromatic rings. The van der Waals surface area contributed by atoms with E-state index in [1.165, 1.54) is 11.1 Å². The van der Waals surface area contributed by atoms with Gasteiger partial charge in [-0.2, -0.15) is 5.10 Å². The van der Waals surface area contributed by atoms with Crippen molar-refractivity contribution < 1.29 is 9.59 Å². The number of carbonyl (C=O) groups is 2. The van der Waals surface area contributed by atoms with Crippen molar-refractivity contribution >= 4 is 34.1 Å². The molecule has 0 N–H and O–H groups in total. The summed E-state index contributed by atoms with van der Waals surface area (Å²) in [5, 5.41) is 6.24. The molecule has 0 unspecified atom stereocenters. The van der Waals surface area contributed by atoms with Gasteiger partial charge in [0.25, 0.3) is 0 Å². The van der Waals surface area contributed by atoms with E-state index in [0.29, 0.717) is 53.0 Å². The lowest BCUT2D eigenvalue weighted by molar-refractivity contribution is -0.123. The molecule has 38 heavy (non-hydrogen) atoms. The molecule has 0 bridgehead atoms. The maximum Gasteiger partial charge on any atom is 0.165 e. The molecule has 1 aromatic heterocycles. The first kappa shape index (κ1) is 25.1. The lowest BCUT2D eigenvalue weighted by atomic mass is 9.47. The summed E-state index contributed by atoms with van der Waals surface area (Å²) in [7, 11) is 0. The summed E-state index contributed by atoms with van der Waals surface area (Å²) in [6.07, 6.45) is 7.59. The summed E-state index contributed by atoms with van der Waals surface area (Å²) in [5.74, 6) is 1.41. The monoisotopic (exact) mass is 524 g/mol. The fraction of sp³-hybridized carbons (Fsp3) is 0.364. The van der Waals surface area contributed by atoms with E-state index in [2.05, 4.69) is 41.5 Å². The normalized spacial score (nSPS) is 22.3. The Hall–Kier alpha value is -3.24. The molecule has 4 nitrogen and oxygen atoms in total. The highest BCUT2D eigenvalue weighted by Gasteiger charge is 2.52. The van der Waals surface area contributed by atoms with Gasteiger partial charge in [-0.25, -0.2) is 0 Å². The van der Waals surface area contributed by atoms with Crippen molar-refractivity contribution in [1.82, 2.24) is 9.78 Å². The van der Waals surface area contributed by atoms with Crippen molar-refractivity contribution in [3.8, 4) is 11.1 Å². The van der Waals surface area contributed by atoms with Gasteiger partial charge in [-0.15, -0.1) is 0 Å². The zero-order valence-electron chi connectivity index (χ0n) is 22.0. The predicted molar refractivity (Wildman–Crippen MR) is 153 cm³/mol. The van der Waals surface area contributed by atoms with Crippen LogP contribution in [0.3, 0.4) is 0 Å². The van der Waals surface area contributed by atoms with E-state index in [9.17, 15) is 9.59 Å². The van der Waals surface area contributed by atoms with Crippen LogP contribution in [0.2, 0.25) is 5.02 Å². The summed E-state index contributed by atoms with van der Waals surface area (Å²) in [5.41, 5.74) is 6.40. The SMILES string of the molecule is CC(=O)CC1CC2(C1)CC(CC(=O)c1cc(Cl)c(C)c3cnn(Cc4ccc(-c5ccccc5)cc4)c13)C2. The number of halogens is 1. The zero-order chi connectivity index (χ0) is 26.4. The maximum absolute atomic E-state index is 13.6. The third-order valence-electron chi connectivity index (χ3n) is 8.76. The molecular formula is C33H33ClN2O2. The lowest BCUT2D eigenvalue weighted by Crippen LogP contribution is -2.48. The van der Waals surface area contributed by atoms with Gasteiger partial charge in [-0.3, -0.25) is 9.48 Å². The van der Waals surface area contributed by atoms with Crippen molar-refractivity contribution in [2.75, 3.05) is 0 Å². The van der Waals surface area contributed by atoms with E-state index < -0.39 is 0 Å². The van der Waals surface area contributed by atoms with Gasteiger partial charge in [0.05, 0.1) is 18.3 Å². The molecule has 0 amide bonds. The van der Waals surface area contributed by atoms with Crippen LogP contribution in [0, 0.1) is 24.2 Å². The topological polar surface area (TPSA) is 52.0 Å². The maximum atomic E-state index is 13.6. The van der Waals surface area contributed by atoms with Crippen LogP contribution in [-0.4, -0.2) is 21.3 Å². The minimum absolute atomic E-state index is 0.150. The van der Waals surface area contributed by atoms with E-state index in [0.717, 1.165) is 47.7 Å². The highest BCUT2D eigenvalue weighted by molar-refractivity contribution is 6.33. The molecule has 0 radical (unpaired) electrons. The molecule has 3 aromatic carbocycles. The van der Waals surface area contributed by atoms with Gasteiger partial charge in [0.15, 0.2) is 5.78 Å². The second kappa shape index (κ2) is 9.81. The number of nitrogens with zero attached hydrogens (tertiary/aromatic N) is 2. The van der Waals surface area contributed by atoms with Crippen molar-refractivity contribution in [2.24, 2.45) is 17.3 Å². The molecular weight excluding hydrogens is 492 g/mol. The largest absolute Gasteiger partial charge is 0.300 e. The van der Waals surface area contributed by atoms with E-state index in [-0.39, 0.29) is 5.78 Å². The first-order valence-corrected chi connectivity index (χ1v) is 14.0. The van der Waals surface area contributed by atoms with Gasteiger partial charge >= 0.3 is 0 Å². The van der Waals surface area contributed by atoms with Crippen LogP contribution in [0.25, 0.3) is 22.0 Å². The first-order valence-electron chi connectivity index (χ1n) is 13.6. The van der Waals surface area contributed by atoms with Crippen LogP contribution in [0.5, 0.6) is 0 Å². The highest BCUT2D eigenvalue weighted by atomic mass is 35.5. The highest BCUT2D eigenvalue weighted by Crippen LogP contribution is 2.62. The quantitative estimate of drug-likeness (QED) is 0.219. The van der Waals surface area contributed by atoms with Crippen LogP contribution in [0.4, 0.5) is 0 Å². The molecule has 5 heteroatoms. The van der Waals surface area contributed by atoms with E-state index in [1.807, 2.05) is 42.1 Å². The van der Waals surface area contributed by atoms with Gasteiger partial charge in [-0.05, 0) is 85.1 Å². The molecule has 2 saturated carbocycles. The number of benzene rings is 3. The number of ketones is 2. The zero-order valence-corrected chi connectivity index (χ0v) is 22.8. The summed E-state index contributed by atoms with van der Waals surface area (Å²) < 4.78 is 1.95. The summed E-state index contributed by atoms with van der Waals surface area (Å²) in [6, 6.07) is 20.7. The number of rotatable bonds is 8. The molecule has 2 aliphatic carbocycles. The molecule has 1 heterocycles. The number of Topliss-reactive ketones (excluding diaryl/α,β-unsaturated/α-hetero) is 2. The number of hydrogen-bond donors (Lipinski definition) is 0. The molecule has 194 valence electrons. The van der Waals surface area contributed by atoms with Crippen molar-refractivity contribution in [2.45, 2.75) is 58.9 Å². The lowest BCUT2D eigenvalue weighted by Gasteiger charge is -2.58. The smallest absolute Gasteiger partial charge is 0.165 e. The van der Waals surface area contributed by atoms with Gasteiger partial charge in [0, 0.05) is 28.8 Å². The standard InChI is InChI=1S/C33H33ClN2O2/c1-21(37)12-24-15-33(16-24)17-25(18-33)13-31(38)28-14-30(34)22(2)29-19-35-36(32(28)29)20-23-8-10-27(11-9-23)26-6-4-3-5-7-26/h3-11,14,19,24-25H,12-13,15-18,20H2,1-2H3. The number of fused-ring (bicyclic) bond motifs is 1. The average Bonchev–Trinajstić information content (AvgIpc) is 3.28.